The summed E-state index contributed by atoms with van der Waals surface area (Å²) < 4.78 is 6.71. The van der Waals surface area contributed by atoms with Crippen molar-refractivity contribution in [2.75, 3.05) is 6.61 Å². The summed E-state index contributed by atoms with van der Waals surface area (Å²) in [6.07, 6.45) is 5.05. The Labute approximate surface area is 93.9 Å². The summed E-state index contributed by atoms with van der Waals surface area (Å²) in [6, 6.07) is 10.00. The summed E-state index contributed by atoms with van der Waals surface area (Å²) in [5.74, 6) is -0.319. The van der Waals surface area contributed by atoms with Crippen LogP contribution in [0.25, 0.3) is 17.1 Å². The molecule has 0 radical (unpaired) electrons. The highest BCUT2D eigenvalue weighted by Gasteiger charge is 1.97. The topological polar surface area (TPSA) is 31.2 Å². The lowest BCUT2D eigenvalue weighted by Gasteiger charge is -1.98. The molecule has 82 valence electrons. The molecular weight excluding hydrogens is 202 g/mol. The van der Waals surface area contributed by atoms with E-state index in [1.807, 2.05) is 41.1 Å². The Kier molecular flexibility index (Phi) is 3.05. The fourth-order valence-corrected chi connectivity index (χ4v) is 1.57. The number of rotatable bonds is 3. The van der Waals surface area contributed by atoms with E-state index in [2.05, 4.69) is 0 Å². The largest absolute Gasteiger partial charge is 0.463 e. The molecular formula is C13H13NO2. The van der Waals surface area contributed by atoms with Gasteiger partial charge in [0.2, 0.25) is 0 Å². The molecule has 1 heterocycles. The van der Waals surface area contributed by atoms with Gasteiger partial charge in [-0.1, -0.05) is 18.2 Å². The van der Waals surface area contributed by atoms with Gasteiger partial charge in [-0.25, -0.2) is 4.79 Å². The first kappa shape index (κ1) is 10.5. The fraction of sp³-hybridized carbons (Fsp3) is 0.154. The number of fused-ring (bicyclic) bond motifs is 1. The highest BCUT2D eigenvalue weighted by Crippen LogP contribution is 2.14. The lowest BCUT2D eigenvalue weighted by molar-refractivity contribution is -0.137. The van der Waals surface area contributed by atoms with Gasteiger partial charge in [-0.3, -0.25) is 0 Å². The lowest BCUT2D eigenvalue weighted by atomic mass is 10.2. The molecule has 0 unspecified atom stereocenters. The number of ether oxygens (including phenoxy) is 1. The van der Waals surface area contributed by atoms with Gasteiger partial charge in [0, 0.05) is 18.5 Å². The highest BCUT2D eigenvalue weighted by atomic mass is 16.5. The van der Waals surface area contributed by atoms with E-state index in [-0.39, 0.29) is 5.97 Å². The standard InChI is InChI=1S/C13H13NO2/c1-2-16-13(15)8-10-14-9-7-11-5-3-4-6-12(11)14/h3-10H,2H2,1H3/b10-8+. The summed E-state index contributed by atoms with van der Waals surface area (Å²) in [6.45, 7) is 2.19. The number of carbonyl (C=O) groups is 1. The van der Waals surface area contributed by atoms with Gasteiger partial charge in [-0.2, -0.15) is 0 Å². The lowest BCUT2D eigenvalue weighted by Crippen LogP contribution is -1.99. The van der Waals surface area contributed by atoms with Crippen LogP contribution < -0.4 is 0 Å². The molecule has 0 N–H and O–H groups in total. The molecule has 0 aliphatic rings. The molecule has 0 spiro atoms. The monoisotopic (exact) mass is 215 g/mol. The van der Waals surface area contributed by atoms with E-state index in [0.717, 1.165) is 10.9 Å². The van der Waals surface area contributed by atoms with Crippen LogP contribution >= 0.6 is 0 Å². The first-order chi connectivity index (χ1) is 7.81. The molecule has 3 heteroatoms. The summed E-state index contributed by atoms with van der Waals surface area (Å²) >= 11 is 0. The van der Waals surface area contributed by atoms with E-state index >= 15 is 0 Å². The Bertz CT molecular complexity index is 525. The van der Waals surface area contributed by atoms with Crippen LogP contribution in [0.3, 0.4) is 0 Å². The van der Waals surface area contributed by atoms with E-state index in [1.54, 1.807) is 13.1 Å². The molecule has 0 saturated heterocycles. The third kappa shape index (κ3) is 2.14. The second kappa shape index (κ2) is 4.66. The first-order valence-electron chi connectivity index (χ1n) is 5.22. The zero-order chi connectivity index (χ0) is 11.4. The molecule has 2 aromatic rings. The second-order valence-electron chi connectivity index (χ2n) is 3.35. The van der Waals surface area contributed by atoms with E-state index in [0.29, 0.717) is 6.61 Å². The minimum Gasteiger partial charge on any atom is -0.463 e. The molecule has 0 bridgehead atoms. The van der Waals surface area contributed by atoms with Crippen molar-refractivity contribution in [1.29, 1.82) is 0 Å². The molecule has 0 amide bonds. The maximum Gasteiger partial charge on any atom is 0.332 e. The first-order valence-corrected chi connectivity index (χ1v) is 5.22. The molecule has 0 aliphatic heterocycles. The van der Waals surface area contributed by atoms with Gasteiger partial charge in [0.1, 0.15) is 0 Å². The molecule has 0 saturated carbocycles. The highest BCUT2D eigenvalue weighted by molar-refractivity contribution is 5.87. The Morgan fingerprint density at radius 3 is 3.00 bits per heavy atom. The maximum atomic E-state index is 11.2. The fourth-order valence-electron chi connectivity index (χ4n) is 1.57. The van der Waals surface area contributed by atoms with Crippen LogP contribution in [0.1, 0.15) is 6.92 Å². The number of nitrogens with zero attached hydrogens (tertiary/aromatic N) is 1. The molecule has 0 aliphatic carbocycles. The molecule has 1 aromatic carbocycles. The minimum atomic E-state index is -0.319. The van der Waals surface area contributed by atoms with Crippen molar-refractivity contribution in [3.05, 3.63) is 42.6 Å². The summed E-state index contributed by atoms with van der Waals surface area (Å²) in [7, 11) is 0. The average Bonchev–Trinajstić information content (AvgIpc) is 2.70. The Morgan fingerprint density at radius 2 is 2.19 bits per heavy atom. The van der Waals surface area contributed by atoms with Crippen molar-refractivity contribution in [3.8, 4) is 0 Å². The zero-order valence-corrected chi connectivity index (χ0v) is 9.09. The van der Waals surface area contributed by atoms with Crippen LogP contribution in [0.2, 0.25) is 0 Å². The number of hydrogen-bond donors (Lipinski definition) is 0. The van der Waals surface area contributed by atoms with Gasteiger partial charge in [-0.05, 0) is 24.4 Å². The number of carbonyl (C=O) groups excluding carboxylic acids is 1. The van der Waals surface area contributed by atoms with Crippen LogP contribution in [0, 0.1) is 0 Å². The average molecular weight is 215 g/mol. The number of benzene rings is 1. The van der Waals surface area contributed by atoms with Crippen LogP contribution in [0.4, 0.5) is 0 Å². The van der Waals surface area contributed by atoms with Crippen LogP contribution in [-0.4, -0.2) is 17.1 Å². The smallest absolute Gasteiger partial charge is 0.332 e. The van der Waals surface area contributed by atoms with Crippen LogP contribution in [-0.2, 0) is 9.53 Å². The normalized spacial score (nSPS) is 11.1. The SMILES string of the molecule is CCOC(=O)/C=C/n1ccc2ccccc21. The van der Waals surface area contributed by atoms with Crippen molar-refractivity contribution >= 4 is 23.1 Å². The van der Waals surface area contributed by atoms with Crippen LogP contribution in [0.15, 0.2) is 42.6 Å². The second-order valence-corrected chi connectivity index (χ2v) is 3.35. The van der Waals surface area contributed by atoms with Gasteiger partial charge in [0.05, 0.1) is 12.1 Å². The maximum absolute atomic E-state index is 11.2. The Balaban J connectivity index is 2.24. The number of esters is 1. The Morgan fingerprint density at radius 1 is 1.38 bits per heavy atom. The summed E-state index contributed by atoms with van der Waals surface area (Å²) in [5, 5.41) is 1.15. The molecule has 0 fully saturated rings. The third-order valence-electron chi connectivity index (χ3n) is 2.29. The molecule has 16 heavy (non-hydrogen) atoms. The quantitative estimate of drug-likeness (QED) is 0.582. The van der Waals surface area contributed by atoms with Crippen molar-refractivity contribution in [1.82, 2.24) is 4.57 Å². The molecule has 0 atom stereocenters. The van der Waals surface area contributed by atoms with Gasteiger partial charge in [0.25, 0.3) is 0 Å². The third-order valence-corrected chi connectivity index (χ3v) is 2.29. The van der Waals surface area contributed by atoms with E-state index in [1.165, 1.54) is 6.08 Å². The number of aromatic nitrogens is 1. The molecule has 2 rings (SSSR count). The van der Waals surface area contributed by atoms with Gasteiger partial charge in [0.15, 0.2) is 0 Å². The summed E-state index contributed by atoms with van der Waals surface area (Å²) in [4.78, 5) is 11.2. The molecule has 3 nitrogen and oxygen atoms in total. The predicted molar refractivity (Wildman–Crippen MR) is 63.9 cm³/mol. The minimum absolute atomic E-state index is 0.319. The van der Waals surface area contributed by atoms with Crippen molar-refractivity contribution in [3.63, 3.8) is 0 Å². The predicted octanol–water partition coefficient (Wildman–Crippen LogP) is 2.68. The van der Waals surface area contributed by atoms with Gasteiger partial charge < -0.3 is 9.30 Å². The van der Waals surface area contributed by atoms with Crippen molar-refractivity contribution in [2.24, 2.45) is 0 Å². The number of hydrogen-bond acceptors (Lipinski definition) is 2. The number of para-hydroxylation sites is 1. The van der Waals surface area contributed by atoms with Crippen LogP contribution in [0.5, 0.6) is 0 Å². The van der Waals surface area contributed by atoms with Crippen molar-refractivity contribution < 1.29 is 9.53 Å². The zero-order valence-electron chi connectivity index (χ0n) is 9.09. The van der Waals surface area contributed by atoms with E-state index in [9.17, 15) is 4.79 Å². The Hall–Kier alpha value is -2.03. The van der Waals surface area contributed by atoms with E-state index < -0.39 is 0 Å². The summed E-state index contributed by atoms with van der Waals surface area (Å²) in [5.41, 5.74) is 1.07. The van der Waals surface area contributed by atoms with Crippen molar-refractivity contribution in [2.45, 2.75) is 6.92 Å². The van der Waals surface area contributed by atoms with Gasteiger partial charge >= 0.3 is 5.97 Å². The van der Waals surface area contributed by atoms with Gasteiger partial charge in [-0.15, -0.1) is 0 Å². The van der Waals surface area contributed by atoms with E-state index in [4.69, 9.17) is 4.74 Å². The molecule has 1 aromatic heterocycles.